The summed E-state index contributed by atoms with van der Waals surface area (Å²) in [6, 6.07) is 0.533. The number of thioether (sulfide) groups is 1. The summed E-state index contributed by atoms with van der Waals surface area (Å²) in [5.41, 5.74) is 2.28. The van der Waals surface area contributed by atoms with Gasteiger partial charge in [0.15, 0.2) is 0 Å². The molecular weight excluding hydrogens is 266 g/mol. The van der Waals surface area contributed by atoms with Crippen LogP contribution < -0.4 is 5.32 Å². The zero-order valence-corrected chi connectivity index (χ0v) is 12.9. The fourth-order valence-corrected chi connectivity index (χ4v) is 4.25. The van der Waals surface area contributed by atoms with E-state index in [2.05, 4.69) is 29.1 Å². The van der Waals surface area contributed by atoms with Crippen molar-refractivity contribution < 1.29 is 0 Å². The van der Waals surface area contributed by atoms with Gasteiger partial charge >= 0.3 is 0 Å². The second kappa shape index (κ2) is 6.31. The van der Waals surface area contributed by atoms with Gasteiger partial charge in [0.1, 0.15) is 5.15 Å². The van der Waals surface area contributed by atoms with Gasteiger partial charge in [-0.1, -0.05) is 18.5 Å². The molecule has 0 amide bonds. The van der Waals surface area contributed by atoms with Gasteiger partial charge in [0, 0.05) is 18.7 Å². The quantitative estimate of drug-likeness (QED) is 0.903. The zero-order chi connectivity index (χ0) is 13.1. The Hall–Kier alpha value is -0.190. The van der Waals surface area contributed by atoms with Crippen LogP contribution in [-0.2, 0) is 13.5 Å². The van der Waals surface area contributed by atoms with Crippen LogP contribution in [0.15, 0.2) is 0 Å². The first-order valence-corrected chi connectivity index (χ1v) is 8.15. The zero-order valence-electron chi connectivity index (χ0n) is 11.4. The maximum absolute atomic E-state index is 6.33. The number of nitrogens with zero attached hydrogens (tertiary/aromatic N) is 2. The summed E-state index contributed by atoms with van der Waals surface area (Å²) < 4.78 is 1.78. The average Bonchev–Trinajstić information content (AvgIpc) is 2.93. The largest absolute Gasteiger partial charge is 0.314 e. The molecule has 0 aromatic carbocycles. The number of aromatic nitrogens is 2. The van der Waals surface area contributed by atoms with Crippen LogP contribution in [0.2, 0.25) is 5.15 Å². The summed E-state index contributed by atoms with van der Waals surface area (Å²) in [5.74, 6) is 3.34. The van der Waals surface area contributed by atoms with Crippen LogP contribution in [0.4, 0.5) is 0 Å². The maximum Gasteiger partial charge on any atom is 0.130 e. The normalized spacial score (nSPS) is 21.4. The SMILES string of the molecule is CCNC(Cc1c(C)nn(C)c1Cl)C1CCSC1. The van der Waals surface area contributed by atoms with Gasteiger partial charge in [-0.3, -0.25) is 4.68 Å². The third kappa shape index (κ3) is 3.03. The number of rotatable bonds is 5. The number of hydrogen-bond donors (Lipinski definition) is 1. The summed E-state index contributed by atoms with van der Waals surface area (Å²) in [6.45, 7) is 5.24. The van der Waals surface area contributed by atoms with Crippen molar-refractivity contribution in [2.75, 3.05) is 18.1 Å². The highest BCUT2D eigenvalue weighted by Crippen LogP contribution is 2.29. The van der Waals surface area contributed by atoms with Crippen molar-refractivity contribution in [2.24, 2.45) is 13.0 Å². The Morgan fingerprint density at radius 2 is 2.39 bits per heavy atom. The molecule has 0 spiro atoms. The second-order valence-electron chi connectivity index (χ2n) is 4.97. The first kappa shape index (κ1) is 14.2. The van der Waals surface area contributed by atoms with Crippen molar-refractivity contribution >= 4 is 23.4 Å². The van der Waals surface area contributed by atoms with Crippen LogP contribution in [0.25, 0.3) is 0 Å². The molecular formula is C13H22ClN3S. The van der Waals surface area contributed by atoms with Crippen molar-refractivity contribution in [1.82, 2.24) is 15.1 Å². The Kier molecular flexibility index (Phi) is 4.98. The topological polar surface area (TPSA) is 29.9 Å². The predicted octanol–water partition coefficient (Wildman–Crippen LogP) is 2.66. The van der Waals surface area contributed by atoms with Crippen LogP contribution in [0.1, 0.15) is 24.6 Å². The molecule has 102 valence electrons. The van der Waals surface area contributed by atoms with E-state index in [0.717, 1.165) is 29.7 Å². The molecule has 5 heteroatoms. The summed E-state index contributed by atoms with van der Waals surface area (Å²) in [7, 11) is 1.91. The highest BCUT2D eigenvalue weighted by Gasteiger charge is 2.27. The highest BCUT2D eigenvalue weighted by atomic mass is 35.5. The van der Waals surface area contributed by atoms with E-state index >= 15 is 0 Å². The molecule has 2 atom stereocenters. The van der Waals surface area contributed by atoms with Crippen LogP contribution in [0.3, 0.4) is 0 Å². The third-order valence-corrected chi connectivity index (χ3v) is 5.36. The van der Waals surface area contributed by atoms with Gasteiger partial charge in [-0.25, -0.2) is 0 Å². The minimum atomic E-state index is 0.533. The van der Waals surface area contributed by atoms with Crippen LogP contribution >= 0.6 is 23.4 Å². The van der Waals surface area contributed by atoms with E-state index in [-0.39, 0.29) is 0 Å². The Bertz CT molecular complexity index is 399. The summed E-state index contributed by atoms with van der Waals surface area (Å²) in [6.07, 6.45) is 2.32. The first-order chi connectivity index (χ1) is 8.63. The molecule has 0 saturated carbocycles. The van der Waals surface area contributed by atoms with Gasteiger partial charge in [-0.15, -0.1) is 0 Å². The van der Waals surface area contributed by atoms with Gasteiger partial charge in [0.2, 0.25) is 0 Å². The summed E-state index contributed by atoms with van der Waals surface area (Å²) in [4.78, 5) is 0. The number of halogens is 1. The number of aryl methyl sites for hydroxylation is 2. The monoisotopic (exact) mass is 287 g/mol. The third-order valence-electron chi connectivity index (χ3n) is 3.69. The highest BCUT2D eigenvalue weighted by molar-refractivity contribution is 7.99. The van der Waals surface area contributed by atoms with Crippen molar-refractivity contribution in [2.45, 2.75) is 32.7 Å². The molecule has 0 radical (unpaired) electrons. The summed E-state index contributed by atoms with van der Waals surface area (Å²) in [5, 5.41) is 8.82. The number of nitrogens with one attached hydrogen (secondary N) is 1. The fourth-order valence-electron chi connectivity index (χ4n) is 2.66. The van der Waals surface area contributed by atoms with E-state index in [9.17, 15) is 0 Å². The van der Waals surface area contributed by atoms with Crippen LogP contribution in [0, 0.1) is 12.8 Å². The maximum atomic E-state index is 6.33. The Morgan fingerprint density at radius 1 is 1.61 bits per heavy atom. The number of hydrogen-bond acceptors (Lipinski definition) is 3. The van der Waals surface area contributed by atoms with E-state index < -0.39 is 0 Å². The van der Waals surface area contributed by atoms with Crippen molar-refractivity contribution in [3.05, 3.63) is 16.4 Å². The molecule has 1 N–H and O–H groups in total. The standard InChI is InChI=1S/C13H22ClN3S/c1-4-15-12(10-5-6-18-8-10)7-11-9(2)16-17(3)13(11)14/h10,12,15H,4-8H2,1-3H3. The van der Waals surface area contributed by atoms with Gasteiger partial charge in [-0.05, 0) is 43.7 Å². The molecule has 1 aliphatic rings. The predicted molar refractivity (Wildman–Crippen MR) is 79.6 cm³/mol. The van der Waals surface area contributed by atoms with E-state index in [1.165, 1.54) is 23.5 Å². The molecule has 2 heterocycles. The van der Waals surface area contributed by atoms with E-state index in [1.807, 2.05) is 14.0 Å². The Morgan fingerprint density at radius 3 is 2.89 bits per heavy atom. The van der Waals surface area contributed by atoms with Gasteiger partial charge in [-0.2, -0.15) is 16.9 Å². The van der Waals surface area contributed by atoms with E-state index in [1.54, 1.807) is 4.68 Å². The van der Waals surface area contributed by atoms with Crippen LogP contribution in [0.5, 0.6) is 0 Å². The lowest BCUT2D eigenvalue weighted by atomic mass is 9.93. The van der Waals surface area contributed by atoms with E-state index in [0.29, 0.717) is 6.04 Å². The molecule has 1 aliphatic heterocycles. The van der Waals surface area contributed by atoms with Gasteiger partial charge in [0.25, 0.3) is 0 Å². The molecule has 18 heavy (non-hydrogen) atoms. The fraction of sp³-hybridized carbons (Fsp3) is 0.769. The lowest BCUT2D eigenvalue weighted by Gasteiger charge is -2.23. The summed E-state index contributed by atoms with van der Waals surface area (Å²) >= 11 is 8.40. The average molecular weight is 288 g/mol. The number of likely N-dealkylation sites (N-methyl/N-ethyl adjacent to an activating group) is 1. The molecule has 0 bridgehead atoms. The molecule has 1 fully saturated rings. The molecule has 2 rings (SSSR count). The van der Waals surface area contributed by atoms with Crippen LogP contribution in [-0.4, -0.2) is 33.9 Å². The van der Waals surface area contributed by atoms with Gasteiger partial charge in [0.05, 0.1) is 5.69 Å². The van der Waals surface area contributed by atoms with Crippen molar-refractivity contribution in [3.63, 3.8) is 0 Å². The molecule has 1 aromatic heterocycles. The van der Waals surface area contributed by atoms with Crippen molar-refractivity contribution in [1.29, 1.82) is 0 Å². The molecule has 1 aromatic rings. The first-order valence-electron chi connectivity index (χ1n) is 6.62. The molecule has 2 unspecified atom stereocenters. The molecule has 3 nitrogen and oxygen atoms in total. The minimum absolute atomic E-state index is 0.533. The molecule has 0 aliphatic carbocycles. The van der Waals surface area contributed by atoms with Gasteiger partial charge < -0.3 is 5.32 Å². The lowest BCUT2D eigenvalue weighted by molar-refractivity contribution is 0.386. The van der Waals surface area contributed by atoms with E-state index in [4.69, 9.17) is 11.6 Å². The second-order valence-corrected chi connectivity index (χ2v) is 6.48. The Labute approximate surface area is 119 Å². The Balaban J connectivity index is 2.12. The smallest absolute Gasteiger partial charge is 0.130 e. The minimum Gasteiger partial charge on any atom is -0.314 e. The van der Waals surface area contributed by atoms with Crippen molar-refractivity contribution in [3.8, 4) is 0 Å². The lowest BCUT2D eigenvalue weighted by Crippen LogP contribution is -2.38. The molecule has 1 saturated heterocycles.